The molecule has 1 aliphatic heterocycles. The van der Waals surface area contributed by atoms with Gasteiger partial charge in [0.05, 0.1) is 19.3 Å². The highest BCUT2D eigenvalue weighted by atomic mass is 35.5. The lowest BCUT2D eigenvalue weighted by molar-refractivity contribution is 0.000735. The highest BCUT2D eigenvalue weighted by Gasteiger charge is 2.20. The summed E-state index contributed by atoms with van der Waals surface area (Å²) in [6.45, 7) is 1.17. The minimum absolute atomic E-state index is 0.129. The van der Waals surface area contributed by atoms with Gasteiger partial charge in [-0.3, -0.25) is 0 Å². The number of halogens is 1. The van der Waals surface area contributed by atoms with Crippen LogP contribution in [0.2, 0.25) is 5.02 Å². The fourth-order valence-electron chi connectivity index (χ4n) is 1.24. The number of hydrogen-bond donors (Lipinski definition) is 2. The van der Waals surface area contributed by atoms with Gasteiger partial charge in [-0.1, -0.05) is 17.7 Å². The van der Waals surface area contributed by atoms with Crippen molar-refractivity contribution in [2.24, 2.45) is 0 Å². The molecule has 1 heterocycles. The molecule has 1 fully saturated rings. The lowest BCUT2D eigenvalue weighted by atomic mass is 10.3. The molecule has 0 bridgehead atoms. The number of amides is 2. The number of ether oxygens (including phenoxy) is 1. The lowest BCUT2D eigenvalue weighted by Gasteiger charge is -2.26. The second kappa shape index (κ2) is 4.51. The van der Waals surface area contributed by atoms with Gasteiger partial charge in [0.15, 0.2) is 0 Å². The monoisotopic (exact) mass is 226 g/mol. The maximum atomic E-state index is 11.4. The summed E-state index contributed by atoms with van der Waals surface area (Å²) < 4.78 is 4.94. The first-order valence-corrected chi connectivity index (χ1v) is 5.02. The molecule has 15 heavy (non-hydrogen) atoms. The molecular formula is C10H11ClN2O2. The molecule has 0 atom stereocenters. The summed E-state index contributed by atoms with van der Waals surface area (Å²) in [7, 11) is 0. The highest BCUT2D eigenvalue weighted by molar-refractivity contribution is 6.30. The number of anilines is 1. The van der Waals surface area contributed by atoms with Gasteiger partial charge in [-0.15, -0.1) is 0 Å². The molecule has 0 radical (unpaired) electrons. The Bertz CT molecular complexity index is 366. The van der Waals surface area contributed by atoms with Crippen molar-refractivity contribution < 1.29 is 9.53 Å². The minimum Gasteiger partial charge on any atom is -0.377 e. The summed E-state index contributed by atoms with van der Waals surface area (Å²) in [6.07, 6.45) is 0. The molecule has 2 rings (SSSR count). The zero-order chi connectivity index (χ0) is 10.7. The maximum Gasteiger partial charge on any atom is 0.319 e. The first-order valence-electron chi connectivity index (χ1n) is 4.65. The summed E-state index contributed by atoms with van der Waals surface area (Å²) in [5.74, 6) is 0. The normalized spacial score (nSPS) is 15.5. The zero-order valence-electron chi connectivity index (χ0n) is 8.00. The van der Waals surface area contributed by atoms with Crippen molar-refractivity contribution in [3.63, 3.8) is 0 Å². The van der Waals surface area contributed by atoms with Crippen LogP contribution in [0.5, 0.6) is 0 Å². The average Bonchev–Trinajstić information content (AvgIpc) is 2.11. The molecule has 0 aliphatic carbocycles. The van der Waals surface area contributed by atoms with E-state index in [0.717, 1.165) is 0 Å². The Kier molecular flexibility index (Phi) is 3.08. The minimum atomic E-state index is -0.231. The van der Waals surface area contributed by atoms with E-state index in [1.165, 1.54) is 0 Å². The topological polar surface area (TPSA) is 50.4 Å². The molecular weight excluding hydrogens is 216 g/mol. The summed E-state index contributed by atoms with van der Waals surface area (Å²) >= 11 is 5.78. The van der Waals surface area contributed by atoms with Crippen molar-refractivity contribution in [3.05, 3.63) is 29.3 Å². The number of carbonyl (C=O) groups is 1. The van der Waals surface area contributed by atoms with Gasteiger partial charge in [0.25, 0.3) is 0 Å². The average molecular weight is 227 g/mol. The van der Waals surface area contributed by atoms with Crippen LogP contribution in [0.3, 0.4) is 0 Å². The Labute approximate surface area is 92.6 Å². The molecule has 1 aromatic rings. The van der Waals surface area contributed by atoms with E-state index in [1.54, 1.807) is 24.3 Å². The third-order valence-corrected chi connectivity index (χ3v) is 2.29. The number of carbonyl (C=O) groups excluding carboxylic acids is 1. The van der Waals surface area contributed by atoms with Gasteiger partial charge in [-0.25, -0.2) is 4.79 Å². The van der Waals surface area contributed by atoms with Crippen LogP contribution in [-0.2, 0) is 4.74 Å². The van der Waals surface area contributed by atoms with E-state index in [0.29, 0.717) is 23.9 Å². The third-order valence-electron chi connectivity index (χ3n) is 2.06. The van der Waals surface area contributed by atoms with Crippen LogP contribution in [-0.4, -0.2) is 25.3 Å². The van der Waals surface area contributed by atoms with Crippen molar-refractivity contribution in [2.45, 2.75) is 6.04 Å². The van der Waals surface area contributed by atoms with Crippen molar-refractivity contribution in [1.82, 2.24) is 5.32 Å². The molecule has 1 aliphatic rings. The third kappa shape index (κ3) is 2.84. The summed E-state index contributed by atoms with van der Waals surface area (Å²) in [4.78, 5) is 11.4. The molecule has 5 heteroatoms. The number of nitrogens with one attached hydrogen (secondary N) is 2. The predicted octanol–water partition coefficient (Wildman–Crippen LogP) is 1.86. The predicted molar refractivity (Wildman–Crippen MR) is 58.2 cm³/mol. The first kappa shape index (κ1) is 10.3. The standard InChI is InChI=1S/C10H11ClN2O2/c11-7-2-1-3-8(4-7)12-10(14)13-9-5-15-6-9/h1-4,9H,5-6H2,(H2,12,13,14). The van der Waals surface area contributed by atoms with Crippen molar-refractivity contribution in [2.75, 3.05) is 18.5 Å². The number of hydrogen-bond acceptors (Lipinski definition) is 2. The molecule has 2 N–H and O–H groups in total. The fourth-order valence-corrected chi connectivity index (χ4v) is 1.43. The van der Waals surface area contributed by atoms with Crippen LogP contribution in [0.15, 0.2) is 24.3 Å². The largest absolute Gasteiger partial charge is 0.377 e. The molecule has 2 amide bonds. The maximum absolute atomic E-state index is 11.4. The Balaban J connectivity index is 1.87. The van der Waals surface area contributed by atoms with E-state index < -0.39 is 0 Å². The fraction of sp³-hybridized carbons (Fsp3) is 0.300. The van der Waals surface area contributed by atoms with Crippen molar-refractivity contribution in [3.8, 4) is 0 Å². The van der Waals surface area contributed by atoms with Gasteiger partial charge in [-0.2, -0.15) is 0 Å². The van der Waals surface area contributed by atoms with Gasteiger partial charge in [0.2, 0.25) is 0 Å². The summed E-state index contributed by atoms with van der Waals surface area (Å²) in [6, 6.07) is 6.91. The first-order chi connectivity index (χ1) is 7.24. The lowest BCUT2D eigenvalue weighted by Crippen LogP contribution is -2.49. The van der Waals surface area contributed by atoms with E-state index >= 15 is 0 Å². The van der Waals surface area contributed by atoms with Crippen LogP contribution < -0.4 is 10.6 Å². The molecule has 0 unspecified atom stereocenters. The van der Waals surface area contributed by atoms with Crippen LogP contribution in [0, 0.1) is 0 Å². The van der Waals surface area contributed by atoms with Gasteiger partial charge < -0.3 is 15.4 Å². The smallest absolute Gasteiger partial charge is 0.319 e. The van der Waals surface area contributed by atoms with Gasteiger partial charge >= 0.3 is 6.03 Å². The van der Waals surface area contributed by atoms with Gasteiger partial charge in [0, 0.05) is 10.7 Å². The van der Waals surface area contributed by atoms with E-state index in [2.05, 4.69) is 10.6 Å². The summed E-state index contributed by atoms with van der Waals surface area (Å²) in [5.41, 5.74) is 0.681. The molecule has 1 saturated heterocycles. The van der Waals surface area contributed by atoms with E-state index in [4.69, 9.17) is 16.3 Å². The highest BCUT2D eigenvalue weighted by Crippen LogP contribution is 2.14. The number of rotatable bonds is 2. The summed E-state index contributed by atoms with van der Waals surface area (Å²) in [5, 5.41) is 6.05. The Morgan fingerprint density at radius 3 is 2.87 bits per heavy atom. The van der Waals surface area contributed by atoms with Crippen LogP contribution in [0.4, 0.5) is 10.5 Å². The van der Waals surface area contributed by atoms with Gasteiger partial charge in [-0.05, 0) is 18.2 Å². The molecule has 1 aromatic carbocycles. The van der Waals surface area contributed by atoms with Crippen molar-refractivity contribution >= 4 is 23.3 Å². The van der Waals surface area contributed by atoms with Crippen molar-refractivity contribution in [1.29, 1.82) is 0 Å². The Morgan fingerprint density at radius 1 is 1.47 bits per heavy atom. The quantitative estimate of drug-likeness (QED) is 0.809. The molecule has 4 nitrogen and oxygen atoms in total. The van der Waals surface area contributed by atoms with Crippen LogP contribution in [0.25, 0.3) is 0 Å². The van der Waals surface area contributed by atoms with E-state index in [1.807, 2.05) is 0 Å². The zero-order valence-corrected chi connectivity index (χ0v) is 8.75. The molecule has 80 valence electrons. The Morgan fingerprint density at radius 2 is 2.27 bits per heavy atom. The van der Waals surface area contributed by atoms with E-state index in [-0.39, 0.29) is 12.1 Å². The van der Waals surface area contributed by atoms with E-state index in [9.17, 15) is 4.79 Å². The van der Waals surface area contributed by atoms with Gasteiger partial charge in [0.1, 0.15) is 0 Å². The van der Waals surface area contributed by atoms with Crippen LogP contribution in [0.1, 0.15) is 0 Å². The molecule has 0 saturated carbocycles. The Hall–Kier alpha value is -1.26. The molecule has 0 spiro atoms. The SMILES string of the molecule is O=C(Nc1cccc(Cl)c1)NC1COC1. The number of benzene rings is 1. The molecule has 0 aromatic heterocycles. The van der Waals surface area contributed by atoms with Crippen LogP contribution >= 0.6 is 11.6 Å². The number of urea groups is 1. The second-order valence-corrected chi connectivity index (χ2v) is 3.78. The second-order valence-electron chi connectivity index (χ2n) is 3.34.